The molecule has 0 aliphatic carbocycles. The summed E-state index contributed by atoms with van der Waals surface area (Å²) in [7, 11) is 0. The standard InChI is InChI=1S/C16H17N7O2/c1-11-18-14-9-17-10-15(23(14)20-11)22-7-5-21(6-8-22)13-4-2-3-12(19-13)16(24)25/h2-4,9-10H,5-8H2,1H3,(H,24,25). The first kappa shape index (κ1) is 15.3. The summed E-state index contributed by atoms with van der Waals surface area (Å²) in [6.07, 6.45) is 3.49. The molecule has 9 nitrogen and oxygen atoms in total. The molecule has 1 fully saturated rings. The molecule has 0 atom stereocenters. The fourth-order valence-electron chi connectivity index (χ4n) is 3.01. The maximum atomic E-state index is 11.1. The number of carbonyl (C=O) groups is 1. The molecule has 0 unspecified atom stereocenters. The highest BCUT2D eigenvalue weighted by Crippen LogP contribution is 2.19. The van der Waals surface area contributed by atoms with Crippen molar-refractivity contribution in [2.75, 3.05) is 36.0 Å². The predicted molar refractivity (Wildman–Crippen MR) is 91.1 cm³/mol. The molecule has 1 saturated heterocycles. The van der Waals surface area contributed by atoms with E-state index in [0.29, 0.717) is 11.6 Å². The number of aromatic carboxylic acids is 1. The van der Waals surface area contributed by atoms with Gasteiger partial charge in [0.1, 0.15) is 11.6 Å². The van der Waals surface area contributed by atoms with Crippen LogP contribution in [-0.4, -0.2) is 61.8 Å². The molecule has 0 amide bonds. The minimum Gasteiger partial charge on any atom is -0.477 e. The Morgan fingerprint density at radius 3 is 2.60 bits per heavy atom. The highest BCUT2D eigenvalue weighted by atomic mass is 16.4. The number of piperazine rings is 1. The average Bonchev–Trinajstić information content (AvgIpc) is 3.02. The Kier molecular flexibility index (Phi) is 3.68. The van der Waals surface area contributed by atoms with E-state index in [1.165, 1.54) is 6.07 Å². The van der Waals surface area contributed by atoms with Crippen LogP contribution in [0.15, 0.2) is 30.6 Å². The van der Waals surface area contributed by atoms with Gasteiger partial charge in [-0.25, -0.2) is 14.8 Å². The van der Waals surface area contributed by atoms with Crippen molar-refractivity contribution in [2.24, 2.45) is 0 Å². The van der Waals surface area contributed by atoms with Crippen LogP contribution in [0.5, 0.6) is 0 Å². The minimum absolute atomic E-state index is 0.0620. The van der Waals surface area contributed by atoms with Crippen LogP contribution in [0.25, 0.3) is 5.65 Å². The molecule has 1 aliphatic heterocycles. The summed E-state index contributed by atoms with van der Waals surface area (Å²) in [6.45, 7) is 4.85. The lowest BCUT2D eigenvalue weighted by Gasteiger charge is -2.36. The number of hydrogen-bond acceptors (Lipinski definition) is 7. The third-order valence-corrected chi connectivity index (χ3v) is 4.22. The zero-order valence-corrected chi connectivity index (χ0v) is 13.7. The SMILES string of the molecule is Cc1nc2cncc(N3CCN(c4cccc(C(=O)O)n4)CC3)n2n1. The number of carboxylic acid groups (broad SMARTS) is 1. The smallest absolute Gasteiger partial charge is 0.354 e. The van der Waals surface area contributed by atoms with Crippen molar-refractivity contribution < 1.29 is 9.90 Å². The summed E-state index contributed by atoms with van der Waals surface area (Å²) in [5.41, 5.74) is 0.792. The zero-order chi connectivity index (χ0) is 17.4. The van der Waals surface area contributed by atoms with E-state index in [9.17, 15) is 4.79 Å². The Balaban J connectivity index is 1.53. The maximum absolute atomic E-state index is 11.1. The third kappa shape index (κ3) is 2.84. The number of fused-ring (bicyclic) bond motifs is 1. The van der Waals surface area contributed by atoms with Gasteiger partial charge < -0.3 is 14.9 Å². The second kappa shape index (κ2) is 6.00. The van der Waals surface area contributed by atoms with Crippen LogP contribution in [0.2, 0.25) is 0 Å². The zero-order valence-electron chi connectivity index (χ0n) is 13.7. The Morgan fingerprint density at radius 1 is 1.08 bits per heavy atom. The van der Waals surface area contributed by atoms with Crippen molar-refractivity contribution in [3.8, 4) is 0 Å². The Morgan fingerprint density at radius 2 is 1.84 bits per heavy atom. The fraction of sp³-hybridized carbons (Fsp3) is 0.312. The number of nitrogens with zero attached hydrogens (tertiary/aromatic N) is 7. The average molecular weight is 339 g/mol. The lowest BCUT2D eigenvalue weighted by Crippen LogP contribution is -2.47. The molecular weight excluding hydrogens is 322 g/mol. The largest absolute Gasteiger partial charge is 0.477 e. The van der Waals surface area contributed by atoms with Crippen LogP contribution in [0.3, 0.4) is 0 Å². The van der Waals surface area contributed by atoms with Gasteiger partial charge in [-0.15, -0.1) is 5.10 Å². The number of pyridine rings is 1. The summed E-state index contributed by atoms with van der Waals surface area (Å²) >= 11 is 0. The monoisotopic (exact) mass is 339 g/mol. The van der Waals surface area contributed by atoms with Gasteiger partial charge in [-0.2, -0.15) is 4.52 Å². The minimum atomic E-state index is -1.01. The van der Waals surface area contributed by atoms with E-state index in [0.717, 1.165) is 37.6 Å². The van der Waals surface area contributed by atoms with Crippen LogP contribution < -0.4 is 9.80 Å². The first-order chi connectivity index (χ1) is 12.1. The second-order valence-electron chi connectivity index (χ2n) is 5.85. The Hall–Kier alpha value is -3.23. The molecule has 0 spiro atoms. The number of carboxylic acids is 1. The third-order valence-electron chi connectivity index (χ3n) is 4.22. The number of rotatable bonds is 3. The normalized spacial score (nSPS) is 14.9. The topological polar surface area (TPSA) is 99.8 Å². The lowest BCUT2D eigenvalue weighted by atomic mass is 10.3. The molecular formula is C16H17N7O2. The van der Waals surface area contributed by atoms with E-state index < -0.39 is 5.97 Å². The van der Waals surface area contributed by atoms with Crippen molar-refractivity contribution in [1.29, 1.82) is 0 Å². The van der Waals surface area contributed by atoms with Crippen molar-refractivity contribution >= 4 is 23.3 Å². The summed E-state index contributed by atoms with van der Waals surface area (Å²) < 4.78 is 1.81. The molecule has 4 rings (SSSR count). The van der Waals surface area contributed by atoms with Gasteiger partial charge in [0.05, 0.1) is 12.4 Å². The van der Waals surface area contributed by atoms with Crippen LogP contribution in [0.4, 0.5) is 11.6 Å². The summed E-state index contributed by atoms with van der Waals surface area (Å²) in [6, 6.07) is 5.06. The molecule has 4 heterocycles. The molecule has 0 radical (unpaired) electrons. The number of aromatic nitrogens is 5. The van der Waals surface area contributed by atoms with Gasteiger partial charge in [-0.05, 0) is 19.1 Å². The van der Waals surface area contributed by atoms with Gasteiger partial charge in [-0.1, -0.05) is 6.07 Å². The Bertz CT molecular complexity index is 931. The fourth-order valence-corrected chi connectivity index (χ4v) is 3.01. The molecule has 3 aromatic heterocycles. The van der Waals surface area contributed by atoms with E-state index in [1.54, 1.807) is 23.0 Å². The summed E-state index contributed by atoms with van der Waals surface area (Å²) in [4.78, 5) is 28.2. The number of anilines is 2. The van der Waals surface area contributed by atoms with Gasteiger partial charge in [0, 0.05) is 26.2 Å². The van der Waals surface area contributed by atoms with Crippen molar-refractivity contribution in [3.05, 3.63) is 42.1 Å². The van der Waals surface area contributed by atoms with Gasteiger partial charge in [0.15, 0.2) is 17.2 Å². The van der Waals surface area contributed by atoms with Crippen LogP contribution >= 0.6 is 0 Å². The van der Waals surface area contributed by atoms with Crippen LogP contribution in [0.1, 0.15) is 16.3 Å². The first-order valence-corrected chi connectivity index (χ1v) is 7.99. The molecule has 9 heteroatoms. The van der Waals surface area contributed by atoms with E-state index in [1.807, 2.05) is 13.0 Å². The maximum Gasteiger partial charge on any atom is 0.354 e. The van der Waals surface area contributed by atoms with Crippen molar-refractivity contribution in [1.82, 2.24) is 24.6 Å². The van der Waals surface area contributed by atoms with Crippen LogP contribution in [0, 0.1) is 6.92 Å². The van der Waals surface area contributed by atoms with Crippen molar-refractivity contribution in [3.63, 3.8) is 0 Å². The first-order valence-electron chi connectivity index (χ1n) is 7.99. The summed E-state index contributed by atoms with van der Waals surface area (Å²) in [5.74, 6) is 1.29. The van der Waals surface area contributed by atoms with Gasteiger partial charge in [-0.3, -0.25) is 4.98 Å². The highest BCUT2D eigenvalue weighted by molar-refractivity contribution is 5.85. The number of hydrogen-bond donors (Lipinski definition) is 1. The quantitative estimate of drug-likeness (QED) is 0.750. The highest BCUT2D eigenvalue weighted by Gasteiger charge is 2.21. The van der Waals surface area contributed by atoms with E-state index in [4.69, 9.17) is 5.11 Å². The van der Waals surface area contributed by atoms with Crippen LogP contribution in [-0.2, 0) is 0 Å². The predicted octanol–water partition coefficient (Wildman–Crippen LogP) is 0.853. The lowest BCUT2D eigenvalue weighted by molar-refractivity contribution is 0.0690. The molecule has 0 saturated carbocycles. The second-order valence-corrected chi connectivity index (χ2v) is 5.85. The molecule has 1 aliphatic rings. The molecule has 0 bridgehead atoms. The Labute approximate surface area is 143 Å². The van der Waals surface area contributed by atoms with E-state index in [-0.39, 0.29) is 5.69 Å². The van der Waals surface area contributed by atoms with Gasteiger partial charge in [0.2, 0.25) is 0 Å². The van der Waals surface area contributed by atoms with E-state index in [2.05, 4.69) is 29.9 Å². The molecule has 1 N–H and O–H groups in total. The summed E-state index contributed by atoms with van der Waals surface area (Å²) in [5, 5.41) is 13.5. The number of aryl methyl sites for hydroxylation is 1. The molecule has 3 aromatic rings. The van der Waals surface area contributed by atoms with Gasteiger partial charge >= 0.3 is 5.97 Å². The van der Waals surface area contributed by atoms with Crippen molar-refractivity contribution in [2.45, 2.75) is 6.92 Å². The van der Waals surface area contributed by atoms with E-state index >= 15 is 0 Å². The molecule has 128 valence electrons. The van der Waals surface area contributed by atoms with Gasteiger partial charge in [0.25, 0.3) is 0 Å². The molecule has 25 heavy (non-hydrogen) atoms. The molecule has 0 aromatic carbocycles.